The molecule has 8 heteroatoms. The number of anilines is 1. The van der Waals surface area contributed by atoms with Crippen LogP contribution in [0.25, 0.3) is 0 Å². The Morgan fingerprint density at radius 3 is 1.96 bits per heavy atom. The van der Waals surface area contributed by atoms with Gasteiger partial charge in [-0.25, -0.2) is 4.90 Å². The van der Waals surface area contributed by atoms with E-state index in [0.717, 1.165) is 11.0 Å². The molecule has 0 atom stereocenters. The molecule has 2 aromatic rings. The van der Waals surface area contributed by atoms with Crippen LogP contribution in [0, 0.1) is 0 Å². The number of rotatable bonds is 1. The van der Waals surface area contributed by atoms with Crippen LogP contribution in [-0.4, -0.2) is 11.8 Å². The first-order chi connectivity index (χ1) is 10.7. The number of fused-ring (bicyclic) bond motifs is 1. The number of hydrogen-bond acceptors (Lipinski definition) is 2. The summed E-state index contributed by atoms with van der Waals surface area (Å²) in [5.41, 5.74) is -0.721. The van der Waals surface area contributed by atoms with E-state index < -0.39 is 23.6 Å². The van der Waals surface area contributed by atoms with Gasteiger partial charge in [-0.1, -0.05) is 23.7 Å². The highest BCUT2D eigenvalue weighted by Gasteiger charge is 2.40. The number of amides is 2. The molecular formula is C15H6BrClF3NO2. The Hall–Kier alpha value is -1.86. The molecule has 23 heavy (non-hydrogen) atoms. The lowest BCUT2D eigenvalue weighted by molar-refractivity contribution is -0.137. The molecule has 0 aliphatic carbocycles. The summed E-state index contributed by atoms with van der Waals surface area (Å²) in [4.78, 5) is 25.6. The van der Waals surface area contributed by atoms with Crippen molar-refractivity contribution in [3.05, 3.63) is 62.6 Å². The van der Waals surface area contributed by atoms with Gasteiger partial charge < -0.3 is 0 Å². The largest absolute Gasteiger partial charge is 0.416 e. The summed E-state index contributed by atoms with van der Waals surface area (Å²) in [5, 5.41) is -0.346. The average molecular weight is 405 g/mol. The predicted molar refractivity (Wildman–Crippen MR) is 81.7 cm³/mol. The number of halogens is 5. The van der Waals surface area contributed by atoms with Crippen molar-refractivity contribution in [1.82, 2.24) is 0 Å². The highest BCUT2D eigenvalue weighted by Crippen LogP contribution is 2.42. The maximum atomic E-state index is 12.8. The van der Waals surface area contributed by atoms with Crippen molar-refractivity contribution in [3.8, 4) is 0 Å². The molecule has 0 saturated carbocycles. The SMILES string of the molecule is O=C1c2ccccc2C(=O)N1c1c(Cl)cc(C(F)(F)F)cc1Br. The van der Waals surface area contributed by atoms with E-state index in [1.165, 1.54) is 12.1 Å². The third kappa shape index (κ3) is 2.53. The number of alkyl halides is 3. The minimum absolute atomic E-state index is 0.0909. The van der Waals surface area contributed by atoms with E-state index in [9.17, 15) is 22.8 Å². The maximum absolute atomic E-state index is 12.8. The molecular weight excluding hydrogens is 399 g/mol. The molecule has 1 aliphatic rings. The summed E-state index contributed by atoms with van der Waals surface area (Å²) in [6, 6.07) is 7.60. The number of carbonyl (C=O) groups is 2. The molecule has 0 spiro atoms. The fourth-order valence-corrected chi connectivity index (χ4v) is 3.39. The first-order valence-corrected chi connectivity index (χ1v) is 7.43. The lowest BCUT2D eigenvalue weighted by Gasteiger charge is -2.19. The molecule has 0 saturated heterocycles. The summed E-state index contributed by atoms with van der Waals surface area (Å²) < 4.78 is 38.3. The molecule has 1 heterocycles. The Morgan fingerprint density at radius 1 is 1.00 bits per heavy atom. The van der Waals surface area contributed by atoms with Gasteiger partial charge in [0, 0.05) is 4.47 Å². The number of benzene rings is 2. The van der Waals surface area contributed by atoms with Crippen LogP contribution in [0.2, 0.25) is 5.02 Å². The standard InChI is InChI=1S/C15H6BrClF3NO2/c16-10-5-7(15(18,19)20)6-11(17)12(10)21-13(22)8-3-1-2-4-9(8)14(21)23/h1-6H. The highest BCUT2D eigenvalue weighted by atomic mass is 79.9. The third-order valence-electron chi connectivity index (χ3n) is 3.36. The zero-order chi connectivity index (χ0) is 16.9. The van der Waals surface area contributed by atoms with E-state index in [-0.39, 0.29) is 26.3 Å². The Kier molecular flexibility index (Phi) is 3.72. The number of hydrogen-bond donors (Lipinski definition) is 0. The second kappa shape index (κ2) is 5.35. The van der Waals surface area contributed by atoms with Crippen LogP contribution in [0.3, 0.4) is 0 Å². The number of carbonyl (C=O) groups excluding carboxylic acids is 2. The van der Waals surface area contributed by atoms with Gasteiger partial charge in [0.1, 0.15) is 0 Å². The van der Waals surface area contributed by atoms with Gasteiger partial charge in [0.05, 0.1) is 27.4 Å². The Labute approximate surface area is 141 Å². The van der Waals surface area contributed by atoms with E-state index in [4.69, 9.17) is 11.6 Å². The summed E-state index contributed by atoms with van der Waals surface area (Å²) in [6.45, 7) is 0. The van der Waals surface area contributed by atoms with Crippen LogP contribution in [0.15, 0.2) is 40.9 Å². The van der Waals surface area contributed by atoms with Crippen LogP contribution in [-0.2, 0) is 6.18 Å². The van der Waals surface area contributed by atoms with Gasteiger partial charge in [0.15, 0.2) is 0 Å². The second-order valence-electron chi connectivity index (χ2n) is 4.78. The van der Waals surface area contributed by atoms with E-state index in [1.54, 1.807) is 12.1 Å². The van der Waals surface area contributed by atoms with E-state index in [2.05, 4.69) is 15.9 Å². The maximum Gasteiger partial charge on any atom is 0.416 e. The zero-order valence-electron chi connectivity index (χ0n) is 11.1. The molecule has 0 bridgehead atoms. The predicted octanol–water partition coefficient (Wildman–Crippen LogP) is 4.92. The van der Waals surface area contributed by atoms with Crippen molar-refractivity contribution in [2.45, 2.75) is 6.18 Å². The molecule has 3 nitrogen and oxygen atoms in total. The van der Waals surface area contributed by atoms with Crippen molar-refractivity contribution < 1.29 is 22.8 Å². The van der Waals surface area contributed by atoms with Crippen molar-refractivity contribution in [2.24, 2.45) is 0 Å². The molecule has 2 aromatic carbocycles. The normalized spacial score (nSPS) is 14.4. The minimum atomic E-state index is -4.59. The Morgan fingerprint density at radius 2 is 1.52 bits per heavy atom. The quantitative estimate of drug-likeness (QED) is 0.633. The Balaban J connectivity index is 2.15. The van der Waals surface area contributed by atoms with Crippen molar-refractivity contribution >= 4 is 45.0 Å². The van der Waals surface area contributed by atoms with E-state index >= 15 is 0 Å². The number of imide groups is 1. The Bertz CT molecular complexity index is 793. The fraction of sp³-hybridized carbons (Fsp3) is 0.0667. The molecule has 118 valence electrons. The van der Waals surface area contributed by atoms with Gasteiger partial charge in [-0.05, 0) is 40.2 Å². The van der Waals surface area contributed by atoms with Crippen molar-refractivity contribution in [1.29, 1.82) is 0 Å². The zero-order valence-corrected chi connectivity index (χ0v) is 13.5. The summed E-state index contributed by atoms with van der Waals surface area (Å²) in [6.07, 6.45) is -4.59. The molecule has 0 aromatic heterocycles. The van der Waals surface area contributed by atoms with Crippen LogP contribution < -0.4 is 4.90 Å². The third-order valence-corrected chi connectivity index (χ3v) is 4.25. The van der Waals surface area contributed by atoms with Gasteiger partial charge in [0.25, 0.3) is 11.8 Å². The smallest absolute Gasteiger partial charge is 0.268 e. The first kappa shape index (κ1) is 16.0. The molecule has 0 N–H and O–H groups in total. The second-order valence-corrected chi connectivity index (χ2v) is 6.04. The molecule has 0 fully saturated rings. The minimum Gasteiger partial charge on any atom is -0.268 e. The van der Waals surface area contributed by atoms with Crippen LogP contribution in [0.5, 0.6) is 0 Å². The summed E-state index contributed by atoms with van der Waals surface area (Å²) >= 11 is 8.89. The molecule has 0 radical (unpaired) electrons. The van der Waals surface area contributed by atoms with Crippen molar-refractivity contribution in [2.75, 3.05) is 4.90 Å². The van der Waals surface area contributed by atoms with Gasteiger partial charge in [-0.3, -0.25) is 9.59 Å². The van der Waals surface area contributed by atoms with E-state index in [0.29, 0.717) is 6.07 Å². The van der Waals surface area contributed by atoms with Crippen LogP contribution in [0.1, 0.15) is 26.3 Å². The van der Waals surface area contributed by atoms with Crippen LogP contribution >= 0.6 is 27.5 Å². The van der Waals surface area contributed by atoms with Crippen LogP contribution in [0.4, 0.5) is 18.9 Å². The van der Waals surface area contributed by atoms with Crippen molar-refractivity contribution in [3.63, 3.8) is 0 Å². The lowest BCUT2D eigenvalue weighted by Crippen LogP contribution is -2.30. The highest BCUT2D eigenvalue weighted by molar-refractivity contribution is 9.10. The number of nitrogens with zero attached hydrogens (tertiary/aromatic N) is 1. The topological polar surface area (TPSA) is 37.4 Å². The molecule has 2 amide bonds. The lowest BCUT2D eigenvalue weighted by atomic mass is 10.1. The average Bonchev–Trinajstić information content (AvgIpc) is 2.71. The van der Waals surface area contributed by atoms with Gasteiger partial charge >= 0.3 is 6.18 Å². The van der Waals surface area contributed by atoms with Gasteiger partial charge in [0.2, 0.25) is 0 Å². The summed E-state index contributed by atoms with van der Waals surface area (Å²) in [5.74, 6) is -1.26. The summed E-state index contributed by atoms with van der Waals surface area (Å²) in [7, 11) is 0. The van der Waals surface area contributed by atoms with E-state index in [1.807, 2.05) is 0 Å². The molecule has 0 unspecified atom stereocenters. The van der Waals surface area contributed by atoms with Gasteiger partial charge in [-0.15, -0.1) is 0 Å². The molecule has 1 aliphatic heterocycles. The molecule has 3 rings (SSSR count). The fourth-order valence-electron chi connectivity index (χ4n) is 2.34. The monoisotopic (exact) mass is 403 g/mol. The first-order valence-electron chi connectivity index (χ1n) is 6.26. The van der Waals surface area contributed by atoms with Gasteiger partial charge in [-0.2, -0.15) is 13.2 Å².